The number of hydrogen-bond acceptors (Lipinski definition) is 1. The normalized spacial score (nSPS) is 11.4. The van der Waals surface area contributed by atoms with Crippen molar-refractivity contribution in [3.05, 3.63) is 94.8 Å². The van der Waals surface area contributed by atoms with E-state index in [1.54, 1.807) is 12.1 Å². The first-order valence-electron chi connectivity index (χ1n) is 9.21. The van der Waals surface area contributed by atoms with E-state index in [0.29, 0.717) is 5.75 Å². The summed E-state index contributed by atoms with van der Waals surface area (Å²) >= 11 is 6.00. The van der Waals surface area contributed by atoms with Crippen LogP contribution < -0.4 is 4.74 Å². The summed E-state index contributed by atoms with van der Waals surface area (Å²) in [6, 6.07) is 22.3. The fourth-order valence-corrected chi connectivity index (χ4v) is 3.31. The highest BCUT2D eigenvalue weighted by Gasteiger charge is 2.19. The van der Waals surface area contributed by atoms with Crippen molar-refractivity contribution in [2.75, 3.05) is 0 Å². The molecule has 0 unspecified atom stereocenters. The van der Waals surface area contributed by atoms with Crippen molar-refractivity contribution in [3.63, 3.8) is 0 Å². The van der Waals surface area contributed by atoms with Gasteiger partial charge in [0.1, 0.15) is 17.3 Å². The van der Waals surface area contributed by atoms with E-state index in [-0.39, 0.29) is 11.2 Å². The van der Waals surface area contributed by atoms with E-state index < -0.39 is 0 Å². The number of hydrogen-bond donors (Lipinski definition) is 0. The van der Waals surface area contributed by atoms with Gasteiger partial charge in [0, 0.05) is 5.02 Å². The van der Waals surface area contributed by atoms with E-state index >= 15 is 0 Å². The molecule has 0 amide bonds. The molecule has 0 saturated carbocycles. The van der Waals surface area contributed by atoms with E-state index in [0.717, 1.165) is 30.0 Å². The van der Waals surface area contributed by atoms with Gasteiger partial charge < -0.3 is 4.74 Å². The summed E-state index contributed by atoms with van der Waals surface area (Å²) in [6.45, 7) is 4.54. The third kappa shape index (κ3) is 5.58. The van der Waals surface area contributed by atoms with Crippen molar-refractivity contribution < 1.29 is 9.13 Å². The predicted molar refractivity (Wildman–Crippen MR) is 110 cm³/mol. The van der Waals surface area contributed by atoms with E-state index in [1.807, 2.05) is 24.3 Å². The summed E-state index contributed by atoms with van der Waals surface area (Å²) in [4.78, 5) is 0. The SMILES string of the molecule is CC(C)(CCCc1cccc(Oc2ccc(F)cc2)c1)c1ccc(Cl)cc1. The van der Waals surface area contributed by atoms with E-state index in [9.17, 15) is 4.39 Å². The smallest absolute Gasteiger partial charge is 0.127 e. The molecule has 3 aromatic rings. The zero-order chi connectivity index (χ0) is 19.3. The average molecular weight is 383 g/mol. The summed E-state index contributed by atoms with van der Waals surface area (Å²) in [5.41, 5.74) is 2.65. The first-order valence-corrected chi connectivity index (χ1v) is 9.59. The minimum atomic E-state index is -0.264. The van der Waals surface area contributed by atoms with Gasteiger partial charge in [0.15, 0.2) is 0 Å². The van der Waals surface area contributed by atoms with Crippen LogP contribution >= 0.6 is 11.6 Å². The third-order valence-electron chi connectivity index (χ3n) is 4.84. The Morgan fingerprint density at radius 2 is 1.59 bits per heavy atom. The van der Waals surface area contributed by atoms with Crippen LogP contribution in [-0.2, 0) is 11.8 Å². The number of halogens is 2. The van der Waals surface area contributed by atoms with Gasteiger partial charge in [-0.1, -0.05) is 49.7 Å². The molecule has 0 atom stereocenters. The molecule has 3 rings (SSSR count). The molecular weight excluding hydrogens is 359 g/mol. The first kappa shape index (κ1) is 19.4. The summed E-state index contributed by atoms with van der Waals surface area (Å²) in [6.07, 6.45) is 3.14. The minimum Gasteiger partial charge on any atom is -0.457 e. The lowest BCUT2D eigenvalue weighted by atomic mass is 9.80. The van der Waals surface area contributed by atoms with Crippen LogP contribution in [0.3, 0.4) is 0 Å². The second-order valence-electron chi connectivity index (χ2n) is 7.45. The average Bonchev–Trinajstić information content (AvgIpc) is 2.64. The van der Waals surface area contributed by atoms with Crippen LogP contribution in [0.25, 0.3) is 0 Å². The predicted octanol–water partition coefficient (Wildman–Crippen LogP) is 7.57. The first-order chi connectivity index (χ1) is 12.9. The maximum absolute atomic E-state index is 13.0. The van der Waals surface area contributed by atoms with Crippen LogP contribution in [-0.4, -0.2) is 0 Å². The molecule has 0 aromatic heterocycles. The molecule has 0 bridgehead atoms. The van der Waals surface area contributed by atoms with Crippen molar-refractivity contribution in [2.45, 2.75) is 38.5 Å². The Hall–Kier alpha value is -2.32. The number of benzene rings is 3. The number of ether oxygens (including phenoxy) is 1. The Morgan fingerprint density at radius 3 is 2.30 bits per heavy atom. The Labute approximate surface area is 165 Å². The second-order valence-corrected chi connectivity index (χ2v) is 7.88. The van der Waals surface area contributed by atoms with Crippen molar-refractivity contribution in [2.24, 2.45) is 0 Å². The van der Waals surface area contributed by atoms with Crippen molar-refractivity contribution in [1.82, 2.24) is 0 Å². The molecule has 0 aliphatic rings. The van der Waals surface area contributed by atoms with E-state index in [1.165, 1.54) is 23.3 Å². The van der Waals surface area contributed by atoms with Crippen molar-refractivity contribution in [3.8, 4) is 11.5 Å². The van der Waals surface area contributed by atoms with Crippen molar-refractivity contribution in [1.29, 1.82) is 0 Å². The number of aryl methyl sites for hydroxylation is 1. The molecule has 3 heteroatoms. The monoisotopic (exact) mass is 382 g/mol. The molecule has 1 nitrogen and oxygen atoms in total. The van der Waals surface area contributed by atoms with Crippen LogP contribution in [0.5, 0.6) is 11.5 Å². The molecule has 0 saturated heterocycles. The minimum absolute atomic E-state index is 0.104. The van der Waals surface area contributed by atoms with Crippen LogP contribution in [0.4, 0.5) is 4.39 Å². The molecule has 0 N–H and O–H groups in total. The lowest BCUT2D eigenvalue weighted by molar-refractivity contribution is 0.460. The summed E-state index contributed by atoms with van der Waals surface area (Å²) in [5.74, 6) is 1.15. The Bertz CT molecular complexity index is 870. The van der Waals surface area contributed by atoms with Crippen LogP contribution in [0.2, 0.25) is 5.02 Å². The van der Waals surface area contributed by atoms with E-state index in [4.69, 9.17) is 16.3 Å². The van der Waals surface area contributed by atoms with Gasteiger partial charge in [0.25, 0.3) is 0 Å². The summed E-state index contributed by atoms with van der Waals surface area (Å²) in [5, 5.41) is 0.771. The van der Waals surface area contributed by atoms with Crippen LogP contribution in [0.15, 0.2) is 72.8 Å². The molecule has 140 valence electrons. The maximum atomic E-state index is 13.0. The highest BCUT2D eigenvalue weighted by molar-refractivity contribution is 6.30. The molecule has 0 aliphatic carbocycles. The van der Waals surface area contributed by atoms with Crippen LogP contribution in [0.1, 0.15) is 37.8 Å². The van der Waals surface area contributed by atoms with Gasteiger partial charge in [-0.05, 0) is 84.3 Å². The maximum Gasteiger partial charge on any atom is 0.127 e. The summed E-state index contributed by atoms with van der Waals surface area (Å²) in [7, 11) is 0. The van der Waals surface area contributed by atoms with Gasteiger partial charge in [0.05, 0.1) is 0 Å². The molecule has 0 heterocycles. The van der Waals surface area contributed by atoms with Gasteiger partial charge >= 0.3 is 0 Å². The third-order valence-corrected chi connectivity index (χ3v) is 5.09. The largest absolute Gasteiger partial charge is 0.457 e. The fourth-order valence-electron chi connectivity index (χ4n) is 3.18. The van der Waals surface area contributed by atoms with Gasteiger partial charge in [-0.25, -0.2) is 4.39 Å². The Morgan fingerprint density at radius 1 is 0.889 bits per heavy atom. The lowest BCUT2D eigenvalue weighted by Gasteiger charge is -2.25. The molecule has 27 heavy (non-hydrogen) atoms. The number of rotatable bonds is 7. The Balaban J connectivity index is 1.58. The van der Waals surface area contributed by atoms with Gasteiger partial charge in [-0.15, -0.1) is 0 Å². The molecular formula is C24H24ClFO. The van der Waals surface area contributed by atoms with Gasteiger partial charge in [-0.3, -0.25) is 0 Å². The molecule has 0 radical (unpaired) electrons. The van der Waals surface area contributed by atoms with E-state index in [2.05, 4.69) is 38.1 Å². The molecule has 0 spiro atoms. The van der Waals surface area contributed by atoms with Crippen molar-refractivity contribution >= 4 is 11.6 Å². The highest BCUT2D eigenvalue weighted by Crippen LogP contribution is 2.30. The molecule has 0 aliphatic heterocycles. The zero-order valence-corrected chi connectivity index (χ0v) is 16.5. The van der Waals surface area contributed by atoms with Crippen LogP contribution in [0, 0.1) is 5.82 Å². The Kier molecular flexibility index (Phi) is 6.18. The fraction of sp³-hybridized carbons (Fsp3) is 0.250. The van der Waals surface area contributed by atoms with Gasteiger partial charge in [-0.2, -0.15) is 0 Å². The molecule has 3 aromatic carbocycles. The summed E-state index contributed by atoms with van der Waals surface area (Å²) < 4.78 is 18.8. The quantitative estimate of drug-likeness (QED) is 0.409. The zero-order valence-electron chi connectivity index (χ0n) is 15.7. The second kappa shape index (κ2) is 8.58. The van der Waals surface area contributed by atoms with Gasteiger partial charge in [0.2, 0.25) is 0 Å². The topological polar surface area (TPSA) is 9.23 Å². The highest BCUT2D eigenvalue weighted by atomic mass is 35.5. The standard InChI is InChI=1S/C24H24ClFO/c1-24(2,19-8-10-20(25)11-9-19)16-4-6-18-5-3-7-23(17-18)27-22-14-12-21(26)13-15-22/h3,5,7-15,17H,4,6,16H2,1-2H3. The lowest BCUT2D eigenvalue weighted by Crippen LogP contribution is -2.17. The molecule has 0 fully saturated rings.